The van der Waals surface area contributed by atoms with Gasteiger partial charge in [0, 0.05) is 12.6 Å². The summed E-state index contributed by atoms with van der Waals surface area (Å²) in [4.78, 5) is 29.6. The highest BCUT2D eigenvalue weighted by molar-refractivity contribution is 8.18. The molecular weight excluding hydrogens is 312 g/mol. The van der Waals surface area contributed by atoms with Crippen LogP contribution in [0.1, 0.15) is 32.6 Å². The molecule has 1 aromatic rings. The molecule has 0 bridgehead atoms. The Morgan fingerprint density at radius 1 is 1.26 bits per heavy atom. The number of carbonyl (C=O) groups excluding carboxylic acids is 1. The summed E-state index contributed by atoms with van der Waals surface area (Å²) >= 11 is 1.12. The van der Waals surface area contributed by atoms with Crippen LogP contribution in [-0.2, 0) is 9.59 Å². The molecule has 0 atom stereocenters. The van der Waals surface area contributed by atoms with Crippen LogP contribution in [-0.4, -0.2) is 33.6 Å². The minimum absolute atomic E-state index is 0.211. The van der Waals surface area contributed by atoms with Gasteiger partial charge in [0.2, 0.25) is 0 Å². The molecule has 1 fully saturated rings. The number of para-hydroxylation sites is 1. The van der Waals surface area contributed by atoms with Crippen molar-refractivity contribution >= 4 is 34.5 Å². The maximum absolute atomic E-state index is 12.4. The third kappa shape index (κ3) is 4.96. The number of aliphatic carboxylic acids is 1. The standard InChI is InChI=1S/C17H20N2O3S/c1-2-3-4-8-11-19-16(22)14(12-15(20)21)23-17(19)18-13-9-6-5-7-10-13/h5-7,9-10,12H,2-4,8,11H2,1H3,(H,20,21)/b14-12-,18-17+. The van der Waals surface area contributed by atoms with Crippen molar-refractivity contribution in [3.05, 3.63) is 41.3 Å². The highest BCUT2D eigenvalue weighted by Gasteiger charge is 2.33. The maximum atomic E-state index is 12.4. The predicted octanol–water partition coefficient (Wildman–Crippen LogP) is 3.80. The average molecular weight is 332 g/mol. The topological polar surface area (TPSA) is 70.0 Å². The van der Waals surface area contributed by atoms with Gasteiger partial charge in [-0.15, -0.1) is 0 Å². The molecule has 0 radical (unpaired) electrons. The summed E-state index contributed by atoms with van der Waals surface area (Å²) in [5.41, 5.74) is 0.748. The van der Waals surface area contributed by atoms with Gasteiger partial charge in [-0.25, -0.2) is 9.79 Å². The highest BCUT2D eigenvalue weighted by atomic mass is 32.2. The number of aliphatic imine (C=N–C) groups is 1. The molecule has 1 heterocycles. The molecule has 1 saturated heterocycles. The number of benzene rings is 1. The summed E-state index contributed by atoms with van der Waals surface area (Å²) in [5, 5.41) is 9.45. The Kier molecular flexibility index (Phi) is 6.40. The van der Waals surface area contributed by atoms with E-state index in [1.807, 2.05) is 30.3 Å². The number of amides is 1. The first-order valence-electron chi connectivity index (χ1n) is 7.70. The van der Waals surface area contributed by atoms with Crippen LogP contribution in [0, 0.1) is 0 Å². The van der Waals surface area contributed by atoms with Crippen LogP contribution >= 0.6 is 11.8 Å². The zero-order valence-electron chi connectivity index (χ0n) is 13.1. The van der Waals surface area contributed by atoms with Gasteiger partial charge in [0.25, 0.3) is 5.91 Å². The predicted molar refractivity (Wildman–Crippen MR) is 92.7 cm³/mol. The van der Waals surface area contributed by atoms with Crippen LogP contribution in [0.4, 0.5) is 5.69 Å². The Labute approximate surface area is 140 Å². The van der Waals surface area contributed by atoms with E-state index in [1.165, 1.54) is 0 Å². The van der Waals surface area contributed by atoms with Crippen LogP contribution in [0.25, 0.3) is 0 Å². The highest BCUT2D eigenvalue weighted by Crippen LogP contribution is 2.32. The van der Waals surface area contributed by atoms with Crippen LogP contribution in [0.15, 0.2) is 46.3 Å². The van der Waals surface area contributed by atoms with Gasteiger partial charge in [-0.2, -0.15) is 0 Å². The zero-order chi connectivity index (χ0) is 16.7. The molecule has 5 nitrogen and oxygen atoms in total. The van der Waals surface area contributed by atoms with Gasteiger partial charge < -0.3 is 5.11 Å². The fourth-order valence-corrected chi connectivity index (χ4v) is 3.20. The van der Waals surface area contributed by atoms with E-state index in [9.17, 15) is 9.59 Å². The molecule has 1 aromatic carbocycles. The molecule has 0 unspecified atom stereocenters. The monoisotopic (exact) mass is 332 g/mol. The molecule has 0 aliphatic carbocycles. The summed E-state index contributed by atoms with van der Waals surface area (Å²) in [5.74, 6) is -1.39. The lowest BCUT2D eigenvalue weighted by Gasteiger charge is -2.15. The second-order valence-electron chi connectivity index (χ2n) is 5.20. The quantitative estimate of drug-likeness (QED) is 0.609. The van der Waals surface area contributed by atoms with E-state index in [0.717, 1.165) is 49.2 Å². The smallest absolute Gasteiger partial charge is 0.329 e. The first-order valence-corrected chi connectivity index (χ1v) is 8.51. The second kappa shape index (κ2) is 8.53. The van der Waals surface area contributed by atoms with Crippen molar-refractivity contribution < 1.29 is 14.7 Å². The van der Waals surface area contributed by atoms with Gasteiger partial charge in [-0.3, -0.25) is 9.69 Å². The van der Waals surface area contributed by atoms with Crippen LogP contribution in [0.2, 0.25) is 0 Å². The number of hydrogen-bond donors (Lipinski definition) is 1. The molecular formula is C17H20N2O3S. The van der Waals surface area contributed by atoms with Crippen molar-refractivity contribution in [1.29, 1.82) is 0 Å². The van der Waals surface area contributed by atoms with Gasteiger partial charge >= 0.3 is 5.97 Å². The normalized spacial score (nSPS) is 18.1. The summed E-state index contributed by atoms with van der Waals surface area (Å²) < 4.78 is 0. The third-order valence-corrected chi connectivity index (χ3v) is 4.37. The number of carboxylic acids is 1. The van der Waals surface area contributed by atoms with Crippen LogP contribution in [0.3, 0.4) is 0 Å². The van der Waals surface area contributed by atoms with Gasteiger partial charge in [-0.1, -0.05) is 44.4 Å². The van der Waals surface area contributed by atoms with Crippen molar-refractivity contribution in [2.45, 2.75) is 32.6 Å². The van der Waals surface area contributed by atoms with Crippen molar-refractivity contribution in [2.24, 2.45) is 4.99 Å². The fourth-order valence-electron chi connectivity index (χ4n) is 2.21. The lowest BCUT2D eigenvalue weighted by Crippen LogP contribution is -2.30. The zero-order valence-corrected chi connectivity index (χ0v) is 13.9. The van der Waals surface area contributed by atoms with E-state index in [4.69, 9.17) is 5.11 Å². The van der Waals surface area contributed by atoms with Crippen molar-refractivity contribution in [1.82, 2.24) is 4.90 Å². The van der Waals surface area contributed by atoms with E-state index >= 15 is 0 Å². The van der Waals surface area contributed by atoms with Crippen molar-refractivity contribution in [3.8, 4) is 0 Å². The molecule has 0 spiro atoms. The number of hydrogen-bond acceptors (Lipinski definition) is 4. The Hall–Kier alpha value is -2.08. The van der Waals surface area contributed by atoms with E-state index in [-0.39, 0.29) is 10.8 Å². The SMILES string of the molecule is CCCCCCN1C(=O)/C(=C/C(=O)O)S/C1=N/c1ccccc1. The minimum Gasteiger partial charge on any atom is -0.478 e. The summed E-state index contributed by atoms with van der Waals surface area (Å²) in [7, 11) is 0. The Bertz CT molecular complexity index is 626. The average Bonchev–Trinajstić information content (AvgIpc) is 2.80. The van der Waals surface area contributed by atoms with Gasteiger partial charge in [0.05, 0.1) is 10.6 Å². The number of carbonyl (C=O) groups is 2. The van der Waals surface area contributed by atoms with E-state index in [1.54, 1.807) is 4.90 Å². The molecule has 122 valence electrons. The Morgan fingerprint density at radius 3 is 2.65 bits per heavy atom. The summed E-state index contributed by atoms with van der Waals surface area (Å²) in [6.07, 6.45) is 5.13. The van der Waals surface area contributed by atoms with Crippen molar-refractivity contribution in [2.75, 3.05) is 6.54 Å². The molecule has 23 heavy (non-hydrogen) atoms. The van der Waals surface area contributed by atoms with E-state index in [2.05, 4.69) is 11.9 Å². The molecule has 2 rings (SSSR count). The molecule has 0 saturated carbocycles. The molecule has 1 N–H and O–H groups in total. The van der Waals surface area contributed by atoms with Crippen LogP contribution < -0.4 is 0 Å². The largest absolute Gasteiger partial charge is 0.478 e. The lowest BCUT2D eigenvalue weighted by atomic mass is 10.2. The number of carboxylic acid groups (broad SMARTS) is 1. The molecule has 0 aromatic heterocycles. The maximum Gasteiger partial charge on any atom is 0.329 e. The van der Waals surface area contributed by atoms with Crippen LogP contribution in [0.5, 0.6) is 0 Å². The Morgan fingerprint density at radius 2 is 2.00 bits per heavy atom. The molecule has 1 aliphatic heterocycles. The molecule has 6 heteroatoms. The third-order valence-electron chi connectivity index (χ3n) is 3.36. The number of unbranched alkanes of at least 4 members (excludes halogenated alkanes) is 3. The molecule has 1 aliphatic rings. The van der Waals surface area contributed by atoms with E-state index < -0.39 is 5.97 Å². The number of thioether (sulfide) groups is 1. The lowest BCUT2D eigenvalue weighted by molar-refractivity contribution is -0.132. The molecule has 1 amide bonds. The van der Waals surface area contributed by atoms with Gasteiger partial charge in [0.15, 0.2) is 5.17 Å². The van der Waals surface area contributed by atoms with Gasteiger partial charge in [0.1, 0.15) is 0 Å². The Balaban J connectivity index is 2.20. The summed E-state index contributed by atoms with van der Waals surface area (Å²) in [6.45, 7) is 2.70. The minimum atomic E-state index is -1.12. The number of rotatable bonds is 7. The second-order valence-corrected chi connectivity index (χ2v) is 6.21. The summed E-state index contributed by atoms with van der Waals surface area (Å²) in [6, 6.07) is 9.36. The van der Waals surface area contributed by atoms with Crippen molar-refractivity contribution in [3.63, 3.8) is 0 Å². The first kappa shape index (κ1) is 17.3. The number of amidine groups is 1. The fraction of sp³-hybridized carbons (Fsp3) is 0.353. The first-order chi connectivity index (χ1) is 11.1. The number of nitrogens with zero attached hydrogens (tertiary/aromatic N) is 2. The van der Waals surface area contributed by atoms with Gasteiger partial charge in [-0.05, 0) is 30.3 Å². The van der Waals surface area contributed by atoms with E-state index in [0.29, 0.717) is 11.7 Å².